The molecule has 0 unspecified atom stereocenters. The standard InChI is InChI=1S/C13H8Br2ClNO3S/c14-8-1-6-12(15)11(7-8)13(18)17-9-2-4-10(5-3-9)21(16,19)20/h1-7H,(H,17,18). The molecule has 0 aliphatic carbocycles. The number of amides is 1. The highest BCUT2D eigenvalue weighted by molar-refractivity contribution is 9.11. The van der Waals surface area contributed by atoms with Gasteiger partial charge < -0.3 is 5.32 Å². The highest BCUT2D eigenvalue weighted by Gasteiger charge is 2.12. The molecule has 0 fully saturated rings. The fourth-order valence-electron chi connectivity index (χ4n) is 1.57. The van der Waals surface area contributed by atoms with Crippen LogP contribution in [0, 0.1) is 0 Å². The van der Waals surface area contributed by atoms with Crippen molar-refractivity contribution in [2.45, 2.75) is 4.90 Å². The molecule has 2 aromatic rings. The summed E-state index contributed by atoms with van der Waals surface area (Å²) in [6.45, 7) is 0. The summed E-state index contributed by atoms with van der Waals surface area (Å²) in [4.78, 5) is 12.1. The van der Waals surface area contributed by atoms with Gasteiger partial charge in [-0.05, 0) is 58.4 Å². The molecule has 2 aromatic carbocycles. The molecule has 0 radical (unpaired) electrons. The first kappa shape index (κ1) is 16.5. The third-order valence-electron chi connectivity index (χ3n) is 2.57. The van der Waals surface area contributed by atoms with Crippen LogP contribution in [-0.2, 0) is 9.05 Å². The monoisotopic (exact) mass is 451 g/mol. The second-order valence-corrected chi connectivity index (χ2v) is 8.38. The van der Waals surface area contributed by atoms with Crippen LogP contribution in [-0.4, -0.2) is 14.3 Å². The van der Waals surface area contributed by atoms with E-state index in [-0.39, 0.29) is 10.8 Å². The fourth-order valence-corrected chi connectivity index (χ4v) is 3.13. The van der Waals surface area contributed by atoms with Crippen LogP contribution in [0.25, 0.3) is 0 Å². The predicted octanol–water partition coefficient (Wildman–Crippen LogP) is 4.39. The number of rotatable bonds is 3. The summed E-state index contributed by atoms with van der Waals surface area (Å²) >= 11 is 6.60. The highest BCUT2D eigenvalue weighted by Crippen LogP contribution is 2.23. The number of hydrogen-bond acceptors (Lipinski definition) is 3. The van der Waals surface area contributed by atoms with Crippen molar-refractivity contribution in [3.63, 3.8) is 0 Å². The lowest BCUT2D eigenvalue weighted by Gasteiger charge is -2.08. The van der Waals surface area contributed by atoms with Gasteiger partial charge in [0, 0.05) is 25.3 Å². The van der Waals surface area contributed by atoms with E-state index >= 15 is 0 Å². The average Bonchev–Trinajstić information content (AvgIpc) is 2.41. The van der Waals surface area contributed by atoms with Gasteiger partial charge in [0.15, 0.2) is 0 Å². The molecule has 0 bridgehead atoms. The van der Waals surface area contributed by atoms with Crippen LogP contribution in [0.1, 0.15) is 10.4 Å². The maximum Gasteiger partial charge on any atom is 0.261 e. The van der Waals surface area contributed by atoms with Crippen LogP contribution in [0.3, 0.4) is 0 Å². The number of benzene rings is 2. The van der Waals surface area contributed by atoms with Gasteiger partial charge in [0.05, 0.1) is 10.5 Å². The van der Waals surface area contributed by atoms with E-state index < -0.39 is 9.05 Å². The first-order valence-electron chi connectivity index (χ1n) is 5.58. The summed E-state index contributed by atoms with van der Waals surface area (Å²) in [5.41, 5.74) is 0.925. The van der Waals surface area contributed by atoms with Gasteiger partial charge >= 0.3 is 0 Å². The van der Waals surface area contributed by atoms with Crippen molar-refractivity contribution < 1.29 is 13.2 Å². The smallest absolute Gasteiger partial charge is 0.261 e. The van der Waals surface area contributed by atoms with E-state index in [1.54, 1.807) is 18.2 Å². The molecule has 1 N–H and O–H groups in total. The van der Waals surface area contributed by atoms with Gasteiger partial charge in [-0.2, -0.15) is 0 Å². The molecule has 0 aliphatic heterocycles. The van der Waals surface area contributed by atoms with Crippen LogP contribution in [0.5, 0.6) is 0 Å². The third-order valence-corrected chi connectivity index (χ3v) is 5.12. The van der Waals surface area contributed by atoms with Gasteiger partial charge in [-0.3, -0.25) is 4.79 Å². The van der Waals surface area contributed by atoms with Gasteiger partial charge in [-0.1, -0.05) is 15.9 Å². The Kier molecular flexibility index (Phi) is 5.08. The minimum atomic E-state index is -3.77. The van der Waals surface area contributed by atoms with Crippen LogP contribution < -0.4 is 5.32 Å². The summed E-state index contributed by atoms with van der Waals surface area (Å²) in [6, 6.07) is 10.8. The normalized spacial score (nSPS) is 11.2. The number of carbonyl (C=O) groups excluding carboxylic acids is 1. The molecular formula is C13H8Br2ClNO3S. The number of hydrogen-bond donors (Lipinski definition) is 1. The molecule has 0 saturated carbocycles. The van der Waals surface area contributed by atoms with Gasteiger partial charge in [0.25, 0.3) is 15.0 Å². The van der Waals surface area contributed by atoms with E-state index in [4.69, 9.17) is 10.7 Å². The molecule has 8 heteroatoms. The Labute approximate surface area is 143 Å². The van der Waals surface area contributed by atoms with E-state index in [0.29, 0.717) is 15.7 Å². The van der Waals surface area contributed by atoms with E-state index in [0.717, 1.165) is 4.47 Å². The second-order valence-electron chi connectivity index (χ2n) is 4.04. The first-order valence-corrected chi connectivity index (χ1v) is 9.48. The Balaban J connectivity index is 2.22. The molecule has 0 aliphatic rings. The third kappa shape index (κ3) is 4.29. The van der Waals surface area contributed by atoms with Crippen molar-refractivity contribution >= 4 is 63.2 Å². The molecule has 0 saturated heterocycles. The zero-order valence-corrected chi connectivity index (χ0v) is 15.1. The van der Waals surface area contributed by atoms with Crippen molar-refractivity contribution in [3.05, 3.63) is 57.0 Å². The minimum absolute atomic E-state index is 0.0224. The van der Waals surface area contributed by atoms with Crippen molar-refractivity contribution in [2.75, 3.05) is 5.32 Å². The van der Waals surface area contributed by atoms with E-state index in [1.807, 2.05) is 0 Å². The predicted molar refractivity (Wildman–Crippen MR) is 89.3 cm³/mol. The maximum atomic E-state index is 12.2. The molecule has 110 valence electrons. The highest BCUT2D eigenvalue weighted by atomic mass is 79.9. The zero-order valence-electron chi connectivity index (χ0n) is 10.3. The number of halogens is 3. The summed E-state index contributed by atoms with van der Waals surface area (Å²) in [7, 11) is 1.46. The van der Waals surface area contributed by atoms with Crippen LogP contribution >= 0.6 is 42.5 Å². The molecule has 0 atom stereocenters. The first-order chi connectivity index (χ1) is 9.77. The lowest BCUT2D eigenvalue weighted by Crippen LogP contribution is -2.12. The number of nitrogens with one attached hydrogen (secondary N) is 1. The molecule has 4 nitrogen and oxygen atoms in total. The van der Waals surface area contributed by atoms with Crippen LogP contribution in [0.4, 0.5) is 5.69 Å². The van der Waals surface area contributed by atoms with E-state index in [1.165, 1.54) is 24.3 Å². The molecule has 21 heavy (non-hydrogen) atoms. The molecule has 0 spiro atoms. The van der Waals surface area contributed by atoms with Crippen LogP contribution in [0.2, 0.25) is 0 Å². The Morgan fingerprint density at radius 3 is 2.24 bits per heavy atom. The SMILES string of the molecule is O=C(Nc1ccc(S(=O)(=O)Cl)cc1)c1cc(Br)ccc1Br. The Bertz CT molecular complexity index is 792. The van der Waals surface area contributed by atoms with Crippen molar-refractivity contribution in [3.8, 4) is 0 Å². The second kappa shape index (κ2) is 6.48. The number of anilines is 1. The maximum absolute atomic E-state index is 12.2. The van der Waals surface area contributed by atoms with Gasteiger partial charge in [0.2, 0.25) is 0 Å². The molecule has 0 aromatic heterocycles. The lowest BCUT2D eigenvalue weighted by atomic mass is 10.2. The molecule has 0 heterocycles. The Morgan fingerprint density at radius 2 is 1.67 bits per heavy atom. The van der Waals surface area contributed by atoms with Gasteiger partial charge in [-0.25, -0.2) is 8.42 Å². The zero-order chi connectivity index (χ0) is 15.6. The average molecular weight is 454 g/mol. The minimum Gasteiger partial charge on any atom is -0.322 e. The van der Waals surface area contributed by atoms with Gasteiger partial charge in [0.1, 0.15) is 0 Å². The van der Waals surface area contributed by atoms with Crippen LogP contribution in [0.15, 0.2) is 56.3 Å². The molecule has 1 amide bonds. The quantitative estimate of drug-likeness (QED) is 0.701. The largest absolute Gasteiger partial charge is 0.322 e. The van der Waals surface area contributed by atoms with E-state index in [2.05, 4.69) is 37.2 Å². The van der Waals surface area contributed by atoms with E-state index in [9.17, 15) is 13.2 Å². The lowest BCUT2D eigenvalue weighted by molar-refractivity contribution is 0.102. The summed E-state index contributed by atoms with van der Waals surface area (Å²) in [5.74, 6) is -0.315. The summed E-state index contributed by atoms with van der Waals surface area (Å²) in [5, 5.41) is 2.68. The molecular weight excluding hydrogens is 445 g/mol. The number of carbonyl (C=O) groups is 1. The topological polar surface area (TPSA) is 63.2 Å². The van der Waals surface area contributed by atoms with Crippen molar-refractivity contribution in [2.24, 2.45) is 0 Å². The Morgan fingerprint density at radius 1 is 1.05 bits per heavy atom. The van der Waals surface area contributed by atoms with Gasteiger partial charge in [-0.15, -0.1) is 0 Å². The Hall–Kier alpha value is -0.890. The summed E-state index contributed by atoms with van der Waals surface area (Å²) < 4.78 is 23.7. The fraction of sp³-hybridized carbons (Fsp3) is 0. The van der Waals surface area contributed by atoms with Crippen molar-refractivity contribution in [1.82, 2.24) is 0 Å². The summed E-state index contributed by atoms with van der Waals surface area (Å²) in [6.07, 6.45) is 0. The molecule has 2 rings (SSSR count). The van der Waals surface area contributed by atoms with Crippen molar-refractivity contribution in [1.29, 1.82) is 0 Å².